The lowest BCUT2D eigenvalue weighted by Gasteiger charge is -2.29. The van der Waals surface area contributed by atoms with Crippen molar-refractivity contribution in [2.45, 2.75) is 206 Å². The Balaban J connectivity index is 1.79. The minimum absolute atomic E-state index is 0.0136. The Hall–Kier alpha value is -13.9. The number of amides is 16. The maximum absolute atomic E-state index is 15.4. The maximum Gasteiger partial charge on any atom is 0.322 e. The van der Waals surface area contributed by atoms with E-state index in [9.17, 15) is 112 Å². The third kappa shape index (κ3) is 42.2. The normalized spacial score (nSPS) is 23.4. The number of thioether (sulfide) groups is 3. The molecule has 3 aromatic rings. The molecule has 0 radical (unpaired) electrons. The van der Waals surface area contributed by atoms with E-state index in [2.05, 4.69) is 101 Å². The Morgan fingerprint density at radius 1 is 0.442 bits per heavy atom. The molecule has 3 aromatic carbocycles. The van der Waals surface area contributed by atoms with Crippen molar-refractivity contribution in [1.82, 2.24) is 101 Å². The molecule has 2 heterocycles. The predicted molar refractivity (Wildman–Crippen MR) is 502 cm³/mol. The van der Waals surface area contributed by atoms with Gasteiger partial charge in [0, 0.05) is 73.4 Å². The first kappa shape index (κ1) is 115. The lowest BCUT2D eigenvalue weighted by Crippen LogP contribution is -2.62. The summed E-state index contributed by atoms with van der Waals surface area (Å²) in [6.45, 7) is 0.734. The fourth-order valence-electron chi connectivity index (χ4n) is 13.4. The zero-order valence-electron chi connectivity index (χ0n) is 76.1. The number of carbonyl (C=O) groups excluding carboxylic acids is 16. The van der Waals surface area contributed by atoms with E-state index in [0.717, 1.165) is 35.3 Å². The van der Waals surface area contributed by atoms with Crippen LogP contribution in [-0.4, -0.2) is 315 Å². The summed E-state index contributed by atoms with van der Waals surface area (Å²) < 4.78 is 0. The number of hydrogen-bond acceptors (Lipinski definition) is 29. The minimum Gasteiger partial charge on any atom is -0.508 e. The zero-order valence-corrected chi connectivity index (χ0v) is 78.6. The van der Waals surface area contributed by atoms with E-state index >= 15 is 9.59 Å². The molecular formula is C84H124N26O25S3. The number of phenolic OH excluding ortho intramolecular Hbond substituents is 1. The predicted octanol–water partition coefficient (Wildman–Crippen LogP) is -9.15. The summed E-state index contributed by atoms with van der Waals surface area (Å²) >= 11 is 2.88. The number of hydrogen-bond donors (Lipinski definition) is 32. The number of benzene rings is 3. The fraction of sp³-hybridized carbons (Fsp3) is 0.524. The highest BCUT2D eigenvalue weighted by molar-refractivity contribution is 7.99. The molecule has 0 unspecified atom stereocenters. The fourth-order valence-corrected chi connectivity index (χ4v) is 16.4. The van der Waals surface area contributed by atoms with Crippen molar-refractivity contribution < 1.29 is 122 Å². The van der Waals surface area contributed by atoms with Gasteiger partial charge in [0.1, 0.15) is 96.9 Å². The van der Waals surface area contributed by atoms with E-state index in [-0.39, 0.29) is 105 Å². The van der Waals surface area contributed by atoms with Gasteiger partial charge in [0.15, 0.2) is 17.9 Å². The lowest BCUT2D eigenvalue weighted by molar-refractivity contribution is -0.142. The molecule has 15 atom stereocenters. The Labute approximate surface area is 805 Å². The number of rotatable bonds is 29. The lowest BCUT2D eigenvalue weighted by atomic mass is 10.0. The van der Waals surface area contributed by atoms with Crippen LogP contribution in [0.4, 0.5) is 0 Å². The van der Waals surface area contributed by atoms with Crippen LogP contribution < -0.4 is 124 Å². The number of phenols is 1. The van der Waals surface area contributed by atoms with E-state index in [1.54, 1.807) is 48.5 Å². The number of carboxylic acid groups (broad SMARTS) is 3. The largest absolute Gasteiger partial charge is 0.508 e. The first-order valence-corrected chi connectivity index (χ1v) is 47.1. The summed E-state index contributed by atoms with van der Waals surface area (Å²) in [6, 6.07) is -8.15. The topological polar surface area (TPSA) is 850 Å². The number of carboxylic acids is 3. The van der Waals surface area contributed by atoms with Gasteiger partial charge in [0.25, 0.3) is 0 Å². The van der Waals surface area contributed by atoms with E-state index in [1.807, 2.05) is 0 Å². The molecule has 0 saturated heterocycles. The summed E-state index contributed by atoms with van der Waals surface area (Å²) in [5.74, 6) is -27.4. The van der Waals surface area contributed by atoms with Crippen LogP contribution in [0.1, 0.15) is 113 Å². The minimum atomic E-state index is -2.19. The average Bonchev–Trinajstić information content (AvgIpc) is 0.890. The van der Waals surface area contributed by atoms with Gasteiger partial charge in [-0.15, -0.1) is 0 Å². The van der Waals surface area contributed by atoms with Crippen molar-refractivity contribution in [1.29, 1.82) is 16.2 Å². The van der Waals surface area contributed by atoms with Crippen LogP contribution in [0.5, 0.6) is 5.75 Å². The highest BCUT2D eigenvalue weighted by Crippen LogP contribution is 2.26. The number of aliphatic carboxylic acids is 3. The Bertz CT molecular complexity index is 4800. The number of guanidine groups is 3. The number of aliphatic hydroxyl groups is 2. The molecule has 0 aliphatic carbocycles. The highest BCUT2D eigenvalue weighted by atomic mass is 32.2. The number of nitrogens with two attached hydrogens (primary N) is 4. The van der Waals surface area contributed by atoms with Crippen LogP contribution in [-0.2, 0) is 121 Å². The number of nitrogens with one attached hydrogen (secondary N) is 22. The van der Waals surface area contributed by atoms with Gasteiger partial charge in [-0.05, 0) is 105 Å². The first-order chi connectivity index (χ1) is 65.3. The van der Waals surface area contributed by atoms with Gasteiger partial charge in [0.05, 0.1) is 32.2 Å². The zero-order chi connectivity index (χ0) is 102. The van der Waals surface area contributed by atoms with Gasteiger partial charge in [-0.3, -0.25) is 107 Å². The van der Waals surface area contributed by atoms with Crippen LogP contribution in [0.3, 0.4) is 0 Å². The molecule has 36 N–H and O–H groups in total. The molecule has 0 aromatic heterocycles. The highest BCUT2D eigenvalue weighted by Gasteiger charge is 2.40. The van der Waals surface area contributed by atoms with E-state index in [0.29, 0.717) is 22.3 Å². The van der Waals surface area contributed by atoms with Gasteiger partial charge < -0.3 is 155 Å². The number of fused-ring (bicyclic) bond motifs is 5. The van der Waals surface area contributed by atoms with Gasteiger partial charge in [-0.25, -0.2) is 0 Å². The van der Waals surface area contributed by atoms with Crippen molar-refractivity contribution in [3.63, 3.8) is 0 Å². The Morgan fingerprint density at radius 3 is 1.35 bits per heavy atom. The van der Waals surface area contributed by atoms with Gasteiger partial charge in [-0.2, -0.15) is 35.3 Å². The molecule has 0 spiro atoms. The SMILES string of the molecule is CC(C)[C@@H]1NC(=O)[C@H](CCC(=O)O)NC(=O)[C@H](Cc2ccc(O)cc2)NC(=O)[C@H](CCCNC(=N)N)NC(=O)[C@H](CO)NC(=O)[C@@H](NC(=O)[C@H](C)N)CSCc2cc3cc(c2)CSC[C@H](NC(=O)[C@H](CC(=O)O)NC1=O)C(=O)N[C@@H](CCCNC(=N)N)C(=O)NCC(=O)N[C@@H](CCCNC(=N)N)C(=O)N[C@H](Cc1ccccc1)C(=O)N[C@@H](CO)C(=O)N[C@@H](C)C(=O)N[C@H](C(=O)NCC(=O)O)CSC3. The van der Waals surface area contributed by atoms with Gasteiger partial charge in [-0.1, -0.05) is 74.5 Å². The van der Waals surface area contributed by atoms with Crippen LogP contribution in [0, 0.1) is 22.1 Å². The summed E-state index contributed by atoms with van der Waals surface area (Å²) in [5, 5.41) is 131. The van der Waals surface area contributed by atoms with Gasteiger partial charge >= 0.3 is 17.9 Å². The van der Waals surface area contributed by atoms with Crippen molar-refractivity contribution in [2.24, 2.45) is 28.9 Å². The van der Waals surface area contributed by atoms with Crippen molar-refractivity contribution in [3.8, 4) is 5.75 Å². The summed E-state index contributed by atoms with van der Waals surface area (Å²) in [7, 11) is 0. The molecule has 138 heavy (non-hydrogen) atoms. The molecule has 16 amide bonds. The Kier molecular flexibility index (Phi) is 49.2. The van der Waals surface area contributed by atoms with Crippen LogP contribution in [0.15, 0.2) is 72.8 Å². The summed E-state index contributed by atoms with van der Waals surface area (Å²) in [4.78, 5) is 270. The second kappa shape index (κ2) is 59.2. The van der Waals surface area contributed by atoms with Crippen molar-refractivity contribution >= 4 is 166 Å². The van der Waals surface area contributed by atoms with Crippen LogP contribution >= 0.6 is 35.3 Å². The summed E-state index contributed by atoms with van der Waals surface area (Å²) in [5.41, 5.74) is 24.5. The Morgan fingerprint density at radius 2 is 0.862 bits per heavy atom. The van der Waals surface area contributed by atoms with E-state index in [4.69, 9.17) is 39.2 Å². The van der Waals surface area contributed by atoms with Crippen molar-refractivity contribution in [3.05, 3.63) is 101 Å². The quantitative estimate of drug-likeness (QED) is 0.0174. The smallest absolute Gasteiger partial charge is 0.322 e. The molecule has 51 nitrogen and oxygen atoms in total. The molecular weight excluding hydrogens is 1870 g/mol. The standard InChI is InChI=1S/C84H124N26O25S3/c1-41(2)66-81(135)104-56(30-64(117)118)76(130)109-61-40-138-37-48-26-46(25-47(27-48)36-137-39-60(107-67(121)42(3)85)80(134)106-58(34-112)78(132)100-52(15-10-24-94-84(90)91)72(126)103-55(29-45-16-18-49(113)19-17-45)74(128)101-53(73(127)110-66)20-21-63(115)116)35-136-38-59(70(124)96-32-65(119)120)108-68(122)43(4)97-77(131)57(33-111)105-75(129)54(28-44-11-6-5-7-12-44)102-71(125)51(14-9-23-93-83(88)89)98-62(114)31-95-69(123)50(99-79(61)133)13-8-22-92-82(86)87/h5-7,11-12,16-19,25-27,41-43,50-61,66,111-113H,8-10,13-15,20-24,28-40,85H2,1-4H3,(H,95,123)(H,96,124)(H,97,131)(H,98,114)(H,99,133)(H,100,132)(H,101,128)(H,102,125)(H,103,126)(H,104,135)(H,105,129)(H,106,134)(H,107,121)(H,108,122)(H,109,130)(H,110,127)(H,115,116)(H,117,118)(H,119,120)(H4,86,87,92)(H4,88,89,93)(H4,90,91,94)/t42-,43-,50-,51-,52-,53-,54+,55-,56-,57-,58-,59-,60-,61-,66-/m0/s1. The number of aromatic hydroxyl groups is 1. The van der Waals surface area contributed by atoms with Crippen LogP contribution in [0.25, 0.3) is 0 Å². The molecule has 758 valence electrons. The summed E-state index contributed by atoms with van der Waals surface area (Å²) in [6.07, 6.45) is -4.80. The van der Waals surface area contributed by atoms with Crippen molar-refractivity contribution in [2.75, 3.05) is 63.2 Å². The molecule has 0 fully saturated rings. The van der Waals surface area contributed by atoms with E-state index < -0.39 is 285 Å². The monoisotopic (exact) mass is 1990 g/mol. The van der Waals surface area contributed by atoms with E-state index in [1.165, 1.54) is 52.0 Å². The third-order valence-corrected chi connectivity index (χ3v) is 24.0. The maximum atomic E-state index is 15.4. The second-order valence-corrected chi connectivity index (χ2v) is 35.6. The molecule has 2 aliphatic heterocycles. The average molecular weight is 1990 g/mol. The molecule has 54 heteroatoms. The first-order valence-electron chi connectivity index (χ1n) is 43.7. The number of aliphatic hydroxyl groups excluding tert-OH is 2. The van der Waals surface area contributed by atoms with Crippen LogP contribution in [0.2, 0.25) is 0 Å². The molecule has 0 saturated carbocycles. The molecule has 5 rings (SSSR count). The molecule has 4 bridgehead atoms. The second-order valence-electron chi connectivity index (χ2n) is 32.5. The molecule has 2 aliphatic rings. The third-order valence-electron chi connectivity index (χ3n) is 20.6. The number of carbonyl (C=O) groups is 19. The van der Waals surface area contributed by atoms with Gasteiger partial charge in [0.2, 0.25) is 94.5 Å².